The van der Waals surface area contributed by atoms with Crippen molar-refractivity contribution in [2.45, 2.75) is 20.8 Å². The van der Waals surface area contributed by atoms with Crippen molar-refractivity contribution < 1.29 is 19.1 Å². The average molecular weight is 265 g/mol. The van der Waals surface area contributed by atoms with Crippen molar-refractivity contribution in [1.29, 1.82) is 0 Å². The van der Waals surface area contributed by atoms with E-state index in [4.69, 9.17) is 10.5 Å². The molecule has 0 aliphatic rings. The number of hydrogen-bond donors (Lipinski definition) is 1. The molecule has 1 aromatic rings. The van der Waals surface area contributed by atoms with Gasteiger partial charge in [0.2, 0.25) is 0 Å². The molecular weight excluding hydrogens is 246 g/mol. The van der Waals surface area contributed by atoms with Crippen molar-refractivity contribution in [3.63, 3.8) is 0 Å². The molecule has 2 N–H and O–H groups in total. The summed E-state index contributed by atoms with van der Waals surface area (Å²) in [6, 6.07) is 5.04. The van der Waals surface area contributed by atoms with Gasteiger partial charge in [0.25, 0.3) is 0 Å². The van der Waals surface area contributed by atoms with Gasteiger partial charge in [-0.05, 0) is 38.5 Å². The Labute approximate surface area is 112 Å². The number of nitrogen functional groups attached to an aromatic ring is 1. The summed E-state index contributed by atoms with van der Waals surface area (Å²) >= 11 is 0. The third kappa shape index (κ3) is 3.47. The van der Waals surface area contributed by atoms with E-state index in [0.717, 1.165) is 0 Å². The van der Waals surface area contributed by atoms with Crippen molar-refractivity contribution in [2.24, 2.45) is 5.41 Å². The third-order valence-electron chi connectivity index (χ3n) is 2.90. The number of carbonyl (C=O) groups is 2. The maximum Gasteiger partial charge on any atom is 0.338 e. The van der Waals surface area contributed by atoms with Crippen molar-refractivity contribution in [1.82, 2.24) is 0 Å². The Morgan fingerprint density at radius 3 is 2.53 bits per heavy atom. The Balaban J connectivity index is 2.76. The summed E-state index contributed by atoms with van der Waals surface area (Å²) in [5, 5.41) is 0. The maximum atomic E-state index is 11.9. The summed E-state index contributed by atoms with van der Waals surface area (Å²) in [6.07, 6.45) is 0. The summed E-state index contributed by atoms with van der Waals surface area (Å²) in [5.41, 5.74) is 6.45. The summed E-state index contributed by atoms with van der Waals surface area (Å²) in [7, 11) is 1.30. The highest BCUT2D eigenvalue weighted by atomic mass is 16.5. The van der Waals surface area contributed by atoms with Crippen LogP contribution in [0.1, 0.15) is 29.8 Å². The summed E-state index contributed by atoms with van der Waals surface area (Å²) in [4.78, 5) is 23.4. The van der Waals surface area contributed by atoms with E-state index in [1.165, 1.54) is 7.11 Å². The molecule has 0 spiro atoms. The summed E-state index contributed by atoms with van der Waals surface area (Å²) < 4.78 is 9.80. The number of esters is 2. The molecule has 5 nitrogen and oxygen atoms in total. The Hall–Kier alpha value is -2.04. The molecular formula is C14H19NO4. The molecule has 0 fully saturated rings. The Bertz CT molecular complexity index is 494. The molecule has 0 saturated heterocycles. The predicted octanol–water partition coefficient (Wildman–Crippen LogP) is 1.93. The molecule has 19 heavy (non-hydrogen) atoms. The highest BCUT2D eigenvalue weighted by molar-refractivity contribution is 5.92. The minimum atomic E-state index is -0.876. The van der Waals surface area contributed by atoms with E-state index in [1.54, 1.807) is 39.0 Å². The largest absolute Gasteiger partial charge is 0.469 e. The van der Waals surface area contributed by atoms with Gasteiger partial charge >= 0.3 is 11.9 Å². The zero-order chi connectivity index (χ0) is 14.6. The quantitative estimate of drug-likeness (QED) is 0.664. The van der Waals surface area contributed by atoms with Crippen molar-refractivity contribution >= 4 is 17.6 Å². The van der Waals surface area contributed by atoms with E-state index >= 15 is 0 Å². The fourth-order valence-electron chi connectivity index (χ4n) is 1.53. The summed E-state index contributed by atoms with van der Waals surface area (Å²) in [6.45, 7) is 5.00. The number of carbonyl (C=O) groups excluding carboxylic acids is 2. The first-order chi connectivity index (χ1) is 8.79. The molecule has 0 saturated carbocycles. The van der Waals surface area contributed by atoms with Gasteiger partial charge in [0, 0.05) is 5.69 Å². The Morgan fingerprint density at radius 1 is 1.32 bits per heavy atom. The van der Waals surface area contributed by atoms with Crippen LogP contribution in [0.4, 0.5) is 5.69 Å². The van der Waals surface area contributed by atoms with E-state index in [9.17, 15) is 9.59 Å². The van der Waals surface area contributed by atoms with Crippen LogP contribution in [0.5, 0.6) is 0 Å². The van der Waals surface area contributed by atoms with Crippen LogP contribution in [0.3, 0.4) is 0 Å². The highest BCUT2D eigenvalue weighted by Gasteiger charge is 2.30. The van der Waals surface area contributed by atoms with E-state index in [2.05, 4.69) is 4.74 Å². The van der Waals surface area contributed by atoms with Gasteiger partial charge in [-0.1, -0.05) is 6.07 Å². The highest BCUT2D eigenvalue weighted by Crippen LogP contribution is 2.20. The SMILES string of the molecule is COC(=O)C(C)(C)COC(=O)c1cccc(N)c1C. The first kappa shape index (κ1) is 15.0. The number of ether oxygens (including phenoxy) is 2. The number of methoxy groups -OCH3 is 1. The van der Waals surface area contributed by atoms with E-state index in [0.29, 0.717) is 16.8 Å². The first-order valence-electron chi connectivity index (χ1n) is 5.90. The summed E-state index contributed by atoms with van der Waals surface area (Å²) in [5.74, 6) is -0.925. The molecule has 0 heterocycles. The second kappa shape index (κ2) is 5.73. The van der Waals surface area contributed by atoms with Crippen LogP contribution in [-0.2, 0) is 14.3 Å². The topological polar surface area (TPSA) is 78.6 Å². The van der Waals surface area contributed by atoms with Crippen LogP contribution < -0.4 is 5.73 Å². The molecule has 1 rings (SSSR count). The Morgan fingerprint density at radius 2 is 1.95 bits per heavy atom. The molecule has 0 amide bonds. The average Bonchev–Trinajstić information content (AvgIpc) is 2.38. The molecule has 0 aliphatic heterocycles. The smallest absolute Gasteiger partial charge is 0.338 e. The maximum absolute atomic E-state index is 11.9. The minimum absolute atomic E-state index is 0.0489. The monoisotopic (exact) mass is 265 g/mol. The second-order valence-corrected chi connectivity index (χ2v) is 4.97. The molecule has 0 aromatic heterocycles. The van der Waals surface area contributed by atoms with Crippen LogP contribution in [0.2, 0.25) is 0 Å². The molecule has 0 atom stereocenters. The number of benzene rings is 1. The third-order valence-corrected chi connectivity index (χ3v) is 2.90. The van der Waals surface area contributed by atoms with Gasteiger partial charge in [-0.2, -0.15) is 0 Å². The Kier molecular flexibility index (Phi) is 4.53. The number of hydrogen-bond acceptors (Lipinski definition) is 5. The molecule has 0 aliphatic carbocycles. The lowest BCUT2D eigenvalue weighted by molar-refractivity contribution is -0.152. The lowest BCUT2D eigenvalue weighted by atomic mass is 9.95. The normalized spacial score (nSPS) is 10.9. The van der Waals surface area contributed by atoms with Crippen LogP contribution >= 0.6 is 0 Å². The number of rotatable bonds is 4. The molecule has 5 heteroatoms. The zero-order valence-electron chi connectivity index (χ0n) is 11.6. The van der Waals surface area contributed by atoms with Crippen molar-refractivity contribution in [3.05, 3.63) is 29.3 Å². The second-order valence-electron chi connectivity index (χ2n) is 4.97. The van der Waals surface area contributed by atoms with Crippen LogP contribution in [0.25, 0.3) is 0 Å². The van der Waals surface area contributed by atoms with E-state index < -0.39 is 17.4 Å². The lowest BCUT2D eigenvalue weighted by Gasteiger charge is -2.21. The molecule has 0 bridgehead atoms. The predicted molar refractivity (Wildman–Crippen MR) is 71.7 cm³/mol. The molecule has 0 radical (unpaired) electrons. The number of anilines is 1. The van der Waals surface area contributed by atoms with Crippen LogP contribution in [-0.4, -0.2) is 25.7 Å². The van der Waals surface area contributed by atoms with Crippen LogP contribution in [0.15, 0.2) is 18.2 Å². The van der Waals surface area contributed by atoms with Gasteiger partial charge < -0.3 is 15.2 Å². The fraction of sp³-hybridized carbons (Fsp3) is 0.429. The van der Waals surface area contributed by atoms with Crippen LogP contribution in [0, 0.1) is 12.3 Å². The molecule has 0 unspecified atom stereocenters. The standard InChI is InChI=1S/C14H19NO4/c1-9-10(6-5-7-11(9)15)12(16)19-8-14(2,3)13(17)18-4/h5-7H,8,15H2,1-4H3. The van der Waals surface area contributed by atoms with Gasteiger partial charge in [-0.3, -0.25) is 4.79 Å². The van der Waals surface area contributed by atoms with Gasteiger partial charge in [-0.25, -0.2) is 4.79 Å². The van der Waals surface area contributed by atoms with Gasteiger partial charge in [0.05, 0.1) is 18.1 Å². The zero-order valence-corrected chi connectivity index (χ0v) is 11.6. The van der Waals surface area contributed by atoms with Gasteiger partial charge in [0.1, 0.15) is 6.61 Å². The van der Waals surface area contributed by atoms with E-state index in [1.807, 2.05) is 0 Å². The number of nitrogens with two attached hydrogens (primary N) is 1. The van der Waals surface area contributed by atoms with Gasteiger partial charge in [0.15, 0.2) is 0 Å². The first-order valence-corrected chi connectivity index (χ1v) is 5.90. The van der Waals surface area contributed by atoms with Crippen molar-refractivity contribution in [2.75, 3.05) is 19.5 Å². The van der Waals surface area contributed by atoms with Gasteiger partial charge in [-0.15, -0.1) is 0 Å². The van der Waals surface area contributed by atoms with Crippen molar-refractivity contribution in [3.8, 4) is 0 Å². The van der Waals surface area contributed by atoms with E-state index in [-0.39, 0.29) is 6.61 Å². The molecule has 104 valence electrons. The lowest BCUT2D eigenvalue weighted by Crippen LogP contribution is -2.32. The fourth-order valence-corrected chi connectivity index (χ4v) is 1.53. The molecule has 1 aromatic carbocycles. The minimum Gasteiger partial charge on any atom is -0.469 e.